The first-order chi connectivity index (χ1) is 11.1. The fourth-order valence-corrected chi connectivity index (χ4v) is 2.96. The van der Waals surface area contributed by atoms with Crippen LogP contribution in [0.4, 0.5) is 0 Å². The molecule has 118 valence electrons. The summed E-state index contributed by atoms with van der Waals surface area (Å²) in [5, 5.41) is 0. The van der Waals surface area contributed by atoms with Crippen molar-refractivity contribution >= 4 is 11.6 Å². The smallest absolute Gasteiger partial charge is 0.217 e. The van der Waals surface area contributed by atoms with Crippen LogP contribution in [-0.4, -0.2) is 17.2 Å². The van der Waals surface area contributed by atoms with Gasteiger partial charge in [0.1, 0.15) is 6.10 Å². The fourth-order valence-electron chi connectivity index (χ4n) is 2.96. The van der Waals surface area contributed by atoms with Gasteiger partial charge in [0.25, 0.3) is 0 Å². The van der Waals surface area contributed by atoms with Crippen LogP contribution in [0.2, 0.25) is 0 Å². The maximum Gasteiger partial charge on any atom is 0.217 e. The first kappa shape index (κ1) is 15.6. The molecule has 1 aliphatic heterocycles. The molecule has 0 N–H and O–H groups in total. The number of rotatable bonds is 4. The summed E-state index contributed by atoms with van der Waals surface area (Å²) in [5.74, 6) is -0.699. The van der Waals surface area contributed by atoms with Crippen LogP contribution in [-0.2, 0) is 19.1 Å². The predicted octanol–water partition coefficient (Wildman–Crippen LogP) is 3.39. The number of ether oxygens (including phenoxy) is 2. The van der Waals surface area contributed by atoms with E-state index in [1.54, 1.807) is 0 Å². The van der Waals surface area contributed by atoms with E-state index < -0.39 is 18.0 Å². The third kappa shape index (κ3) is 2.60. The molecule has 0 spiro atoms. The summed E-state index contributed by atoms with van der Waals surface area (Å²) in [7, 11) is 0. The van der Waals surface area contributed by atoms with Crippen molar-refractivity contribution in [1.82, 2.24) is 0 Å². The highest BCUT2D eigenvalue weighted by atomic mass is 16.7. The lowest BCUT2D eigenvalue weighted by molar-refractivity contribution is -0.157. The van der Waals surface area contributed by atoms with Gasteiger partial charge >= 0.3 is 0 Å². The molecule has 0 saturated carbocycles. The Bertz CT molecular complexity index is 695. The molecule has 2 aromatic carbocycles. The lowest BCUT2D eigenvalue weighted by atomic mass is 9.84. The normalized spacial score (nSPS) is 22.7. The van der Waals surface area contributed by atoms with E-state index >= 15 is 0 Å². The molecule has 2 aromatic rings. The molecule has 1 aliphatic rings. The molecule has 4 heteroatoms. The van der Waals surface area contributed by atoms with Crippen molar-refractivity contribution in [2.24, 2.45) is 0 Å². The highest BCUT2D eigenvalue weighted by Crippen LogP contribution is 2.47. The number of hydrogen-bond donors (Lipinski definition) is 0. The molecule has 23 heavy (non-hydrogen) atoms. The van der Waals surface area contributed by atoms with E-state index in [4.69, 9.17) is 9.47 Å². The maximum absolute atomic E-state index is 12.3. The van der Waals surface area contributed by atoms with Crippen molar-refractivity contribution in [2.75, 3.05) is 0 Å². The molecule has 2 atom stereocenters. The summed E-state index contributed by atoms with van der Waals surface area (Å²) in [4.78, 5) is 24.7. The van der Waals surface area contributed by atoms with E-state index in [0.717, 1.165) is 11.1 Å². The average molecular weight is 310 g/mol. The van der Waals surface area contributed by atoms with Gasteiger partial charge in [-0.05, 0) is 19.4 Å². The lowest BCUT2D eigenvalue weighted by Gasteiger charge is -2.27. The highest BCUT2D eigenvalue weighted by Gasteiger charge is 2.58. The number of carbonyl (C=O) groups excluding carboxylic acids is 2. The van der Waals surface area contributed by atoms with E-state index in [2.05, 4.69) is 0 Å². The molecule has 4 nitrogen and oxygen atoms in total. The molecule has 0 unspecified atom stereocenters. The van der Waals surface area contributed by atoms with Crippen LogP contribution < -0.4 is 0 Å². The molecule has 1 heterocycles. The van der Waals surface area contributed by atoms with Crippen LogP contribution in [0.15, 0.2) is 60.7 Å². The van der Waals surface area contributed by atoms with Crippen molar-refractivity contribution in [3.05, 3.63) is 71.8 Å². The van der Waals surface area contributed by atoms with Gasteiger partial charge in [-0.1, -0.05) is 60.7 Å². The molecule has 0 aromatic heterocycles. The Morgan fingerprint density at radius 1 is 0.826 bits per heavy atom. The van der Waals surface area contributed by atoms with Gasteiger partial charge in [0.05, 0.1) is 0 Å². The molecule has 1 saturated heterocycles. The Morgan fingerprint density at radius 3 is 1.78 bits per heavy atom. The molecule has 1 fully saturated rings. The summed E-state index contributed by atoms with van der Waals surface area (Å²) in [6, 6.07) is 18.5. The Labute approximate surface area is 135 Å². The van der Waals surface area contributed by atoms with Gasteiger partial charge in [0.15, 0.2) is 17.9 Å². The van der Waals surface area contributed by atoms with Gasteiger partial charge in [-0.2, -0.15) is 0 Å². The highest BCUT2D eigenvalue weighted by molar-refractivity contribution is 6.09. The van der Waals surface area contributed by atoms with E-state index in [-0.39, 0.29) is 11.6 Å². The largest absolute Gasteiger partial charge is 0.336 e. The van der Waals surface area contributed by atoms with E-state index in [1.807, 2.05) is 60.7 Å². The average Bonchev–Trinajstić information content (AvgIpc) is 2.98. The molecule has 3 rings (SSSR count). The van der Waals surface area contributed by atoms with Crippen molar-refractivity contribution in [3.8, 4) is 0 Å². The second-order valence-electron chi connectivity index (χ2n) is 5.64. The third-order valence-corrected chi connectivity index (χ3v) is 4.14. The Kier molecular flexibility index (Phi) is 4.11. The number of benzene rings is 2. The number of hydrogen-bond acceptors (Lipinski definition) is 4. The van der Waals surface area contributed by atoms with E-state index in [9.17, 15) is 9.59 Å². The number of Topliss-reactive ketones (excluding diaryl/α,β-unsaturated/α-hetero) is 2. The zero-order valence-electron chi connectivity index (χ0n) is 13.1. The molecule has 0 amide bonds. The van der Waals surface area contributed by atoms with Crippen LogP contribution in [0, 0.1) is 0 Å². The predicted molar refractivity (Wildman–Crippen MR) is 84.6 cm³/mol. The van der Waals surface area contributed by atoms with Crippen molar-refractivity contribution < 1.29 is 19.1 Å². The minimum absolute atomic E-state index is 0.350. The molecule has 0 aliphatic carbocycles. The van der Waals surface area contributed by atoms with Gasteiger partial charge in [-0.25, -0.2) is 0 Å². The van der Waals surface area contributed by atoms with Gasteiger partial charge < -0.3 is 9.47 Å². The van der Waals surface area contributed by atoms with E-state index in [1.165, 1.54) is 13.8 Å². The zero-order chi connectivity index (χ0) is 16.4. The minimum atomic E-state index is -1.61. The molecule has 0 radical (unpaired) electrons. The monoisotopic (exact) mass is 310 g/mol. The first-order valence-corrected chi connectivity index (χ1v) is 7.51. The molecule has 0 bridgehead atoms. The quantitative estimate of drug-likeness (QED) is 0.812. The van der Waals surface area contributed by atoms with Gasteiger partial charge in [0, 0.05) is 5.56 Å². The summed E-state index contributed by atoms with van der Waals surface area (Å²) in [6.07, 6.45) is -1.52. The van der Waals surface area contributed by atoms with Crippen LogP contribution in [0.1, 0.15) is 37.4 Å². The summed E-state index contributed by atoms with van der Waals surface area (Å²) in [6.45, 7) is 2.74. The zero-order valence-corrected chi connectivity index (χ0v) is 13.1. The standard InChI is InChI=1S/C19H18O4/c1-13(20)19(14(2)21)17(15-9-5-3-6-10-15)22-18(23-19)16-11-7-4-8-12-16/h3-12,17-18H,1-2H3/t17-,18-/m1/s1. The molecular weight excluding hydrogens is 292 g/mol. The second-order valence-corrected chi connectivity index (χ2v) is 5.64. The van der Waals surface area contributed by atoms with Crippen LogP contribution in [0.5, 0.6) is 0 Å². The van der Waals surface area contributed by atoms with Crippen LogP contribution in [0.25, 0.3) is 0 Å². The Morgan fingerprint density at radius 2 is 1.30 bits per heavy atom. The van der Waals surface area contributed by atoms with E-state index in [0.29, 0.717) is 0 Å². The summed E-state index contributed by atoms with van der Waals surface area (Å²) >= 11 is 0. The first-order valence-electron chi connectivity index (χ1n) is 7.51. The van der Waals surface area contributed by atoms with Gasteiger partial charge in [0.2, 0.25) is 5.60 Å². The fraction of sp³-hybridized carbons (Fsp3) is 0.263. The number of carbonyl (C=O) groups is 2. The lowest BCUT2D eigenvalue weighted by Crippen LogP contribution is -2.48. The maximum atomic E-state index is 12.3. The number of ketones is 2. The van der Waals surface area contributed by atoms with Crippen LogP contribution >= 0.6 is 0 Å². The topological polar surface area (TPSA) is 52.6 Å². The minimum Gasteiger partial charge on any atom is -0.336 e. The SMILES string of the molecule is CC(=O)C1(C(C)=O)O[C@H](c2ccccc2)O[C@@H]1c1ccccc1. The Balaban J connectivity index is 2.07. The van der Waals surface area contributed by atoms with Crippen molar-refractivity contribution in [1.29, 1.82) is 0 Å². The Hall–Kier alpha value is -2.30. The van der Waals surface area contributed by atoms with Crippen molar-refractivity contribution in [3.63, 3.8) is 0 Å². The van der Waals surface area contributed by atoms with Gasteiger partial charge in [-0.3, -0.25) is 9.59 Å². The summed E-state index contributed by atoms with van der Waals surface area (Å²) in [5.41, 5.74) is -0.0869. The van der Waals surface area contributed by atoms with Crippen molar-refractivity contribution in [2.45, 2.75) is 31.8 Å². The molecular formula is C19H18O4. The second kappa shape index (κ2) is 6.07. The van der Waals surface area contributed by atoms with Crippen LogP contribution in [0.3, 0.4) is 0 Å². The van der Waals surface area contributed by atoms with Gasteiger partial charge in [-0.15, -0.1) is 0 Å². The summed E-state index contributed by atoms with van der Waals surface area (Å²) < 4.78 is 11.9. The third-order valence-electron chi connectivity index (χ3n) is 4.14.